The average molecular weight is 407 g/mol. The summed E-state index contributed by atoms with van der Waals surface area (Å²) in [7, 11) is 1.61. The summed E-state index contributed by atoms with van der Waals surface area (Å²) in [6.07, 6.45) is 1.12. The van der Waals surface area contributed by atoms with E-state index in [4.69, 9.17) is 9.47 Å². The van der Waals surface area contributed by atoms with E-state index in [1.54, 1.807) is 18.0 Å². The predicted octanol–water partition coefficient (Wildman–Crippen LogP) is 2.81. The number of para-hydroxylation sites is 2. The van der Waals surface area contributed by atoms with Crippen LogP contribution in [0.5, 0.6) is 5.75 Å². The van der Waals surface area contributed by atoms with Crippen LogP contribution in [0.2, 0.25) is 0 Å². The minimum absolute atomic E-state index is 0.139. The van der Waals surface area contributed by atoms with Crippen LogP contribution in [0.3, 0.4) is 0 Å². The number of aliphatic hydroxyl groups excluding tert-OH is 1. The molecule has 0 radical (unpaired) electrons. The number of benzene rings is 2. The standard InChI is InChI=1S/C23H25N3O4/c1-29-21-10-6-5-9-18(21)26-19(11-13-25-26)22-17(12-14-30-22)23(28)24-15-20(27)16-7-3-2-4-8-16/h2-11,13,17,20,22,27H,12,14-15H2,1H3,(H,24,28)/t17-,20+,22-/m0/s1. The van der Waals surface area contributed by atoms with Crippen molar-refractivity contribution in [1.29, 1.82) is 0 Å². The minimum atomic E-state index is -0.755. The van der Waals surface area contributed by atoms with Gasteiger partial charge in [0, 0.05) is 19.3 Å². The number of methoxy groups -OCH3 is 1. The second kappa shape index (κ2) is 9.11. The Labute approximate surface area is 175 Å². The van der Waals surface area contributed by atoms with Crippen LogP contribution in [0.25, 0.3) is 5.69 Å². The third-order valence-electron chi connectivity index (χ3n) is 5.36. The van der Waals surface area contributed by atoms with Gasteiger partial charge < -0.3 is 19.9 Å². The Morgan fingerprint density at radius 3 is 2.80 bits per heavy atom. The Bertz CT molecular complexity index is 989. The molecule has 3 atom stereocenters. The van der Waals surface area contributed by atoms with E-state index in [1.807, 2.05) is 60.7 Å². The van der Waals surface area contributed by atoms with Gasteiger partial charge in [-0.1, -0.05) is 42.5 Å². The number of nitrogens with zero attached hydrogens (tertiary/aromatic N) is 2. The number of carbonyl (C=O) groups excluding carboxylic acids is 1. The van der Waals surface area contributed by atoms with E-state index in [0.29, 0.717) is 18.8 Å². The quantitative estimate of drug-likeness (QED) is 0.629. The van der Waals surface area contributed by atoms with Gasteiger partial charge in [0.15, 0.2) is 0 Å². The fourth-order valence-corrected chi connectivity index (χ4v) is 3.81. The maximum atomic E-state index is 12.9. The molecular formula is C23H25N3O4. The van der Waals surface area contributed by atoms with Crippen molar-refractivity contribution in [1.82, 2.24) is 15.1 Å². The summed E-state index contributed by atoms with van der Waals surface area (Å²) < 4.78 is 13.2. The molecule has 3 aromatic rings. The number of ether oxygens (including phenoxy) is 2. The number of carbonyl (C=O) groups is 1. The van der Waals surface area contributed by atoms with Crippen molar-refractivity contribution in [3.05, 3.63) is 78.1 Å². The highest BCUT2D eigenvalue weighted by atomic mass is 16.5. The molecule has 2 aromatic carbocycles. The molecular weight excluding hydrogens is 382 g/mol. The molecule has 0 saturated carbocycles. The van der Waals surface area contributed by atoms with Crippen molar-refractivity contribution in [2.45, 2.75) is 18.6 Å². The molecule has 2 N–H and O–H groups in total. The van der Waals surface area contributed by atoms with Crippen LogP contribution in [-0.4, -0.2) is 41.1 Å². The maximum Gasteiger partial charge on any atom is 0.226 e. The predicted molar refractivity (Wildman–Crippen MR) is 111 cm³/mol. The van der Waals surface area contributed by atoms with Crippen LogP contribution < -0.4 is 10.1 Å². The van der Waals surface area contributed by atoms with Crippen molar-refractivity contribution in [3.63, 3.8) is 0 Å². The number of nitrogens with one attached hydrogen (secondary N) is 1. The summed E-state index contributed by atoms with van der Waals surface area (Å²) >= 11 is 0. The molecule has 1 aliphatic heterocycles. The zero-order chi connectivity index (χ0) is 20.9. The molecule has 156 valence electrons. The van der Waals surface area contributed by atoms with E-state index in [-0.39, 0.29) is 18.4 Å². The number of amides is 1. The van der Waals surface area contributed by atoms with Crippen LogP contribution in [-0.2, 0) is 9.53 Å². The Balaban J connectivity index is 1.49. The number of rotatable bonds is 7. The van der Waals surface area contributed by atoms with Gasteiger partial charge in [0.1, 0.15) is 17.5 Å². The third-order valence-corrected chi connectivity index (χ3v) is 5.36. The fraction of sp³-hybridized carbons (Fsp3) is 0.304. The van der Waals surface area contributed by atoms with Crippen molar-refractivity contribution in [2.24, 2.45) is 5.92 Å². The van der Waals surface area contributed by atoms with E-state index >= 15 is 0 Å². The van der Waals surface area contributed by atoms with Crippen LogP contribution >= 0.6 is 0 Å². The van der Waals surface area contributed by atoms with Gasteiger partial charge in [-0.3, -0.25) is 4.79 Å². The number of aliphatic hydroxyl groups is 1. The first-order valence-electron chi connectivity index (χ1n) is 9.98. The highest BCUT2D eigenvalue weighted by Crippen LogP contribution is 2.36. The van der Waals surface area contributed by atoms with Gasteiger partial charge in [-0.05, 0) is 30.2 Å². The first-order valence-corrected chi connectivity index (χ1v) is 9.98. The van der Waals surface area contributed by atoms with Gasteiger partial charge in [-0.25, -0.2) is 4.68 Å². The molecule has 30 heavy (non-hydrogen) atoms. The second-order valence-electron chi connectivity index (χ2n) is 7.20. The molecule has 0 bridgehead atoms. The van der Waals surface area contributed by atoms with Crippen molar-refractivity contribution in [3.8, 4) is 11.4 Å². The van der Waals surface area contributed by atoms with E-state index in [2.05, 4.69) is 10.4 Å². The molecule has 1 saturated heterocycles. The Kier molecular flexibility index (Phi) is 6.11. The highest BCUT2D eigenvalue weighted by Gasteiger charge is 2.37. The summed E-state index contributed by atoms with van der Waals surface area (Å²) in [6, 6.07) is 18.7. The smallest absolute Gasteiger partial charge is 0.226 e. The number of aromatic nitrogens is 2. The second-order valence-corrected chi connectivity index (χ2v) is 7.20. The van der Waals surface area contributed by atoms with Crippen LogP contribution in [0.1, 0.15) is 29.9 Å². The zero-order valence-electron chi connectivity index (χ0n) is 16.8. The Morgan fingerprint density at radius 2 is 2.00 bits per heavy atom. The molecule has 0 unspecified atom stereocenters. The van der Waals surface area contributed by atoms with Crippen molar-refractivity contribution >= 4 is 5.91 Å². The number of hydrogen-bond acceptors (Lipinski definition) is 5. The first kappa shape index (κ1) is 20.1. The average Bonchev–Trinajstić information content (AvgIpc) is 3.47. The molecule has 4 rings (SSSR count). The van der Waals surface area contributed by atoms with Gasteiger partial charge in [0.2, 0.25) is 5.91 Å². The molecule has 1 fully saturated rings. The van der Waals surface area contributed by atoms with Crippen LogP contribution in [0.15, 0.2) is 66.9 Å². The summed E-state index contributed by atoms with van der Waals surface area (Å²) in [4.78, 5) is 12.9. The van der Waals surface area contributed by atoms with Crippen molar-refractivity contribution < 1.29 is 19.4 Å². The molecule has 0 spiro atoms. The van der Waals surface area contributed by atoms with Gasteiger partial charge in [-0.15, -0.1) is 0 Å². The van der Waals surface area contributed by atoms with E-state index in [0.717, 1.165) is 16.9 Å². The molecule has 1 aliphatic rings. The summed E-state index contributed by atoms with van der Waals surface area (Å²) in [5, 5.41) is 17.6. The zero-order valence-corrected chi connectivity index (χ0v) is 16.8. The van der Waals surface area contributed by atoms with E-state index in [1.165, 1.54) is 0 Å². The third kappa shape index (κ3) is 4.08. The maximum absolute atomic E-state index is 12.9. The molecule has 1 aromatic heterocycles. The summed E-state index contributed by atoms with van der Waals surface area (Å²) in [5.74, 6) is 0.186. The number of hydrogen-bond donors (Lipinski definition) is 2. The van der Waals surface area contributed by atoms with Crippen molar-refractivity contribution in [2.75, 3.05) is 20.3 Å². The molecule has 0 aliphatic carbocycles. The lowest BCUT2D eigenvalue weighted by atomic mass is 9.97. The first-order chi connectivity index (χ1) is 14.7. The molecule has 2 heterocycles. The topological polar surface area (TPSA) is 85.6 Å². The fourth-order valence-electron chi connectivity index (χ4n) is 3.81. The highest BCUT2D eigenvalue weighted by molar-refractivity contribution is 5.79. The summed E-state index contributed by atoms with van der Waals surface area (Å²) in [5.41, 5.74) is 2.35. The van der Waals surface area contributed by atoms with E-state index < -0.39 is 12.2 Å². The Hall–Kier alpha value is -3.16. The Morgan fingerprint density at radius 1 is 1.23 bits per heavy atom. The van der Waals surface area contributed by atoms with Crippen LogP contribution in [0, 0.1) is 5.92 Å². The summed E-state index contributed by atoms with van der Waals surface area (Å²) in [6.45, 7) is 0.638. The van der Waals surface area contributed by atoms with E-state index in [9.17, 15) is 9.90 Å². The van der Waals surface area contributed by atoms with Gasteiger partial charge >= 0.3 is 0 Å². The van der Waals surface area contributed by atoms with Gasteiger partial charge in [0.05, 0.1) is 24.8 Å². The minimum Gasteiger partial charge on any atom is -0.494 e. The molecule has 7 heteroatoms. The van der Waals surface area contributed by atoms with Gasteiger partial charge in [0.25, 0.3) is 0 Å². The molecule has 7 nitrogen and oxygen atoms in total. The normalized spacial score (nSPS) is 19.4. The largest absolute Gasteiger partial charge is 0.494 e. The lowest BCUT2D eigenvalue weighted by Crippen LogP contribution is -2.35. The van der Waals surface area contributed by atoms with Gasteiger partial charge in [-0.2, -0.15) is 5.10 Å². The van der Waals surface area contributed by atoms with Crippen LogP contribution in [0.4, 0.5) is 0 Å². The lowest BCUT2D eigenvalue weighted by molar-refractivity contribution is -0.127. The monoisotopic (exact) mass is 407 g/mol. The lowest BCUT2D eigenvalue weighted by Gasteiger charge is -2.21. The molecule has 1 amide bonds. The SMILES string of the molecule is COc1ccccc1-n1nccc1[C@H]1OCC[C@@H]1C(=O)NC[C@@H](O)c1ccccc1.